The van der Waals surface area contributed by atoms with E-state index in [2.05, 4.69) is 29.8 Å². The van der Waals surface area contributed by atoms with Crippen LogP contribution in [-0.2, 0) is 6.42 Å². The number of pyridine rings is 2. The number of hydrogen-bond donors (Lipinski definition) is 2. The van der Waals surface area contributed by atoms with E-state index in [0.717, 1.165) is 72.0 Å². The van der Waals surface area contributed by atoms with Crippen molar-refractivity contribution in [2.75, 3.05) is 24.5 Å². The Hall–Kier alpha value is -3.25. The van der Waals surface area contributed by atoms with Crippen molar-refractivity contribution in [2.24, 2.45) is 5.73 Å². The average molecular weight is 474 g/mol. The molecule has 2 heterocycles. The second-order valence-electron chi connectivity index (χ2n) is 8.94. The monoisotopic (exact) mass is 473 g/mol. The third-order valence-electron chi connectivity index (χ3n) is 5.95. The number of nitrogens with zero attached hydrogens (tertiary/aromatic N) is 3. The molecular formula is C29H39N5O. The van der Waals surface area contributed by atoms with Gasteiger partial charge in [-0.15, -0.1) is 0 Å². The fourth-order valence-corrected chi connectivity index (χ4v) is 4.18. The van der Waals surface area contributed by atoms with Gasteiger partial charge in [0.1, 0.15) is 17.3 Å². The lowest BCUT2D eigenvalue weighted by atomic mass is 10.0. The van der Waals surface area contributed by atoms with E-state index in [1.54, 1.807) is 0 Å². The molecule has 0 saturated heterocycles. The Morgan fingerprint density at radius 2 is 1.86 bits per heavy atom. The van der Waals surface area contributed by atoms with Gasteiger partial charge in [0, 0.05) is 48.9 Å². The molecule has 0 amide bonds. The van der Waals surface area contributed by atoms with E-state index in [1.165, 1.54) is 25.5 Å². The van der Waals surface area contributed by atoms with E-state index in [1.807, 2.05) is 49.5 Å². The predicted octanol–water partition coefficient (Wildman–Crippen LogP) is 6.54. The number of ether oxygens (including phenoxy) is 1. The van der Waals surface area contributed by atoms with E-state index in [4.69, 9.17) is 20.9 Å². The zero-order chi connectivity index (χ0) is 25.0. The number of rotatable bonds is 14. The molecule has 186 valence electrons. The first kappa shape index (κ1) is 26.4. The van der Waals surface area contributed by atoms with Crippen molar-refractivity contribution < 1.29 is 4.74 Å². The van der Waals surface area contributed by atoms with Crippen LogP contribution in [-0.4, -0.2) is 35.8 Å². The molecule has 1 aromatic carbocycles. The lowest BCUT2D eigenvalue weighted by molar-refractivity contribution is 0.482. The van der Waals surface area contributed by atoms with Crippen LogP contribution >= 0.6 is 0 Å². The summed E-state index contributed by atoms with van der Waals surface area (Å²) in [6.07, 6.45) is 9.90. The molecule has 0 spiro atoms. The smallest absolute Gasteiger partial charge is 0.137 e. The van der Waals surface area contributed by atoms with Gasteiger partial charge in [-0.25, -0.2) is 4.98 Å². The molecule has 3 aromatic rings. The number of hydrogen-bond acceptors (Lipinski definition) is 6. The summed E-state index contributed by atoms with van der Waals surface area (Å²) in [4.78, 5) is 11.8. The van der Waals surface area contributed by atoms with E-state index < -0.39 is 0 Å². The third-order valence-corrected chi connectivity index (χ3v) is 5.95. The Bertz CT molecular complexity index is 1100. The van der Waals surface area contributed by atoms with Gasteiger partial charge in [-0.05, 0) is 68.1 Å². The molecule has 6 heteroatoms. The maximum Gasteiger partial charge on any atom is 0.137 e. The van der Waals surface area contributed by atoms with Crippen molar-refractivity contribution in [1.29, 1.82) is 5.41 Å². The Labute approximate surface area is 210 Å². The van der Waals surface area contributed by atoms with Gasteiger partial charge in [-0.3, -0.25) is 4.98 Å². The van der Waals surface area contributed by atoms with Crippen molar-refractivity contribution in [3.8, 4) is 22.8 Å². The number of aromatic nitrogens is 2. The molecule has 0 fully saturated rings. The largest absolute Gasteiger partial charge is 0.456 e. The lowest BCUT2D eigenvalue weighted by Gasteiger charge is -2.24. The summed E-state index contributed by atoms with van der Waals surface area (Å²) in [6.45, 7) is 8.99. The Morgan fingerprint density at radius 3 is 2.60 bits per heavy atom. The maximum absolute atomic E-state index is 7.72. The first-order valence-corrected chi connectivity index (χ1v) is 12.8. The van der Waals surface area contributed by atoms with Crippen LogP contribution in [0.5, 0.6) is 11.5 Å². The second kappa shape index (κ2) is 13.6. The quantitative estimate of drug-likeness (QED) is 0.205. The minimum atomic E-state index is 0.589. The Morgan fingerprint density at radius 1 is 1.00 bits per heavy atom. The molecule has 3 N–H and O–H groups in total. The summed E-state index contributed by atoms with van der Waals surface area (Å²) in [6, 6.07) is 13.8. The van der Waals surface area contributed by atoms with Crippen LogP contribution in [0.3, 0.4) is 0 Å². The highest BCUT2D eigenvalue weighted by Crippen LogP contribution is 2.35. The van der Waals surface area contributed by atoms with E-state index in [9.17, 15) is 0 Å². The minimum Gasteiger partial charge on any atom is -0.456 e. The SMILES string of the molecule is CCCCCCN(CCC)c1cc(Oc2cc(C=N)ccc2-c2cc(CCN)ccn2)cc(C)n1. The summed E-state index contributed by atoms with van der Waals surface area (Å²) < 4.78 is 6.46. The predicted molar refractivity (Wildman–Crippen MR) is 146 cm³/mol. The lowest BCUT2D eigenvalue weighted by Crippen LogP contribution is -2.26. The first-order chi connectivity index (χ1) is 17.1. The van der Waals surface area contributed by atoms with Crippen molar-refractivity contribution >= 4 is 12.0 Å². The van der Waals surface area contributed by atoms with Crippen molar-refractivity contribution in [1.82, 2.24) is 9.97 Å². The van der Waals surface area contributed by atoms with Crippen LogP contribution in [0.4, 0.5) is 5.82 Å². The first-order valence-electron chi connectivity index (χ1n) is 12.8. The van der Waals surface area contributed by atoms with Gasteiger partial charge in [-0.2, -0.15) is 0 Å². The second-order valence-corrected chi connectivity index (χ2v) is 8.94. The van der Waals surface area contributed by atoms with Gasteiger partial charge in [0.15, 0.2) is 0 Å². The highest BCUT2D eigenvalue weighted by atomic mass is 16.5. The summed E-state index contributed by atoms with van der Waals surface area (Å²) in [5.74, 6) is 2.36. The molecule has 0 aliphatic carbocycles. The van der Waals surface area contributed by atoms with Crippen LogP contribution in [0.15, 0.2) is 48.7 Å². The van der Waals surface area contributed by atoms with Crippen molar-refractivity contribution in [3.63, 3.8) is 0 Å². The van der Waals surface area contributed by atoms with Crippen LogP contribution in [0.2, 0.25) is 0 Å². The Kier molecular flexibility index (Phi) is 10.2. The maximum atomic E-state index is 7.72. The number of unbranched alkanes of at least 4 members (excludes halogenated alkanes) is 3. The molecule has 0 aliphatic heterocycles. The number of aryl methyl sites for hydroxylation is 1. The summed E-state index contributed by atoms with van der Waals surface area (Å²) in [5.41, 5.74) is 10.3. The number of anilines is 1. The molecule has 0 saturated carbocycles. The summed E-state index contributed by atoms with van der Waals surface area (Å²) in [7, 11) is 0. The molecule has 6 nitrogen and oxygen atoms in total. The van der Waals surface area contributed by atoms with Gasteiger partial charge >= 0.3 is 0 Å². The van der Waals surface area contributed by atoms with E-state index in [0.29, 0.717) is 12.3 Å². The topological polar surface area (TPSA) is 88.1 Å². The molecule has 0 aliphatic rings. The van der Waals surface area contributed by atoms with Crippen molar-refractivity contribution in [3.05, 3.63) is 65.5 Å². The summed E-state index contributed by atoms with van der Waals surface area (Å²) >= 11 is 0. The van der Waals surface area contributed by atoms with Crippen LogP contribution in [0.1, 0.15) is 62.8 Å². The fourth-order valence-electron chi connectivity index (χ4n) is 4.18. The van der Waals surface area contributed by atoms with E-state index in [-0.39, 0.29) is 0 Å². The van der Waals surface area contributed by atoms with Gasteiger partial charge < -0.3 is 20.8 Å². The zero-order valence-corrected chi connectivity index (χ0v) is 21.4. The summed E-state index contributed by atoms with van der Waals surface area (Å²) in [5, 5.41) is 7.72. The molecule has 0 unspecified atom stereocenters. The highest BCUT2D eigenvalue weighted by molar-refractivity contribution is 5.81. The molecular weight excluding hydrogens is 434 g/mol. The molecule has 3 rings (SSSR count). The molecule has 2 aromatic heterocycles. The van der Waals surface area contributed by atoms with Crippen LogP contribution in [0.25, 0.3) is 11.3 Å². The normalized spacial score (nSPS) is 10.9. The third kappa shape index (κ3) is 7.62. The Balaban J connectivity index is 1.93. The molecule has 0 atom stereocenters. The van der Waals surface area contributed by atoms with Gasteiger partial charge in [0.25, 0.3) is 0 Å². The van der Waals surface area contributed by atoms with Crippen molar-refractivity contribution in [2.45, 2.75) is 59.3 Å². The molecule has 0 radical (unpaired) electrons. The number of benzene rings is 1. The highest BCUT2D eigenvalue weighted by Gasteiger charge is 2.14. The van der Waals surface area contributed by atoms with Gasteiger partial charge in [-0.1, -0.05) is 39.2 Å². The average Bonchev–Trinajstić information content (AvgIpc) is 2.86. The number of nitrogens with one attached hydrogen (secondary N) is 1. The molecule has 0 bridgehead atoms. The minimum absolute atomic E-state index is 0.589. The van der Waals surface area contributed by atoms with Crippen LogP contribution < -0.4 is 15.4 Å². The number of nitrogens with two attached hydrogens (primary N) is 1. The standard InChI is InChI=1S/C29H39N5O/c1-4-6-7-8-16-34(15-5-2)29-20-25(17-22(3)33-29)35-28-19-24(21-31)9-10-26(28)27-18-23(11-13-30)12-14-32-27/h9-10,12,14,17-21,31H,4-8,11,13,15-16,30H2,1-3H3. The van der Waals surface area contributed by atoms with Gasteiger partial charge in [0.05, 0.1) is 5.69 Å². The van der Waals surface area contributed by atoms with Gasteiger partial charge in [0.2, 0.25) is 0 Å². The zero-order valence-electron chi connectivity index (χ0n) is 21.4. The fraction of sp³-hybridized carbons (Fsp3) is 0.414. The molecule has 35 heavy (non-hydrogen) atoms. The van der Waals surface area contributed by atoms with Crippen LogP contribution in [0, 0.1) is 12.3 Å². The van der Waals surface area contributed by atoms with E-state index >= 15 is 0 Å².